The minimum atomic E-state index is -0.871. The van der Waals surface area contributed by atoms with Crippen LogP contribution in [0, 0.1) is 5.82 Å². The van der Waals surface area contributed by atoms with Gasteiger partial charge in [0.1, 0.15) is 17.1 Å². The largest absolute Gasteiger partial charge is 0.479 e. The summed E-state index contributed by atoms with van der Waals surface area (Å²) in [5.74, 6) is -0.405. The van der Waals surface area contributed by atoms with E-state index in [-0.39, 0.29) is 16.6 Å². The number of benzene rings is 3. The van der Waals surface area contributed by atoms with Gasteiger partial charge in [-0.25, -0.2) is 9.37 Å². The summed E-state index contributed by atoms with van der Waals surface area (Å²) in [7, 11) is 0. The van der Waals surface area contributed by atoms with Crippen LogP contribution in [0.25, 0.3) is 22.6 Å². The third-order valence-corrected chi connectivity index (χ3v) is 5.29. The van der Waals surface area contributed by atoms with E-state index in [1.165, 1.54) is 12.1 Å². The molecule has 33 heavy (non-hydrogen) atoms. The third kappa shape index (κ3) is 5.42. The number of thiocarbonyl (C=S) groups is 1. The Morgan fingerprint density at radius 2 is 1.94 bits per heavy atom. The molecule has 0 radical (unpaired) electrons. The molecule has 0 spiro atoms. The van der Waals surface area contributed by atoms with Crippen LogP contribution in [0.15, 0.2) is 65.1 Å². The van der Waals surface area contributed by atoms with Gasteiger partial charge in [0.15, 0.2) is 16.8 Å². The highest BCUT2D eigenvalue weighted by Crippen LogP contribution is 2.29. The molecule has 4 aromatic rings. The molecule has 0 saturated heterocycles. The first kappa shape index (κ1) is 23.0. The van der Waals surface area contributed by atoms with Gasteiger partial charge >= 0.3 is 0 Å². The van der Waals surface area contributed by atoms with Gasteiger partial charge in [0.2, 0.25) is 5.89 Å². The van der Waals surface area contributed by atoms with Gasteiger partial charge in [-0.15, -0.1) is 0 Å². The van der Waals surface area contributed by atoms with Gasteiger partial charge in [-0.2, -0.15) is 0 Å². The Balaban J connectivity index is 1.41. The molecule has 1 heterocycles. The SMILES string of the molecule is CC(Oc1ccc(Cl)cc1Cl)C(=O)NC(=S)Nc1ccc2oc(-c3ccccc3F)nc2c1. The molecule has 0 bridgehead atoms. The lowest BCUT2D eigenvalue weighted by molar-refractivity contribution is -0.125. The minimum absolute atomic E-state index is 0.0647. The van der Waals surface area contributed by atoms with Crippen LogP contribution >= 0.6 is 35.4 Å². The second-order valence-corrected chi connectivity index (χ2v) is 8.21. The number of halogens is 3. The van der Waals surface area contributed by atoms with Crippen molar-refractivity contribution in [2.45, 2.75) is 13.0 Å². The predicted molar refractivity (Wildman–Crippen MR) is 130 cm³/mol. The summed E-state index contributed by atoms with van der Waals surface area (Å²) < 4.78 is 25.3. The van der Waals surface area contributed by atoms with E-state index in [0.717, 1.165) is 0 Å². The number of ether oxygens (including phenoxy) is 1. The molecule has 4 rings (SSSR count). The number of nitrogens with zero attached hydrogens (tertiary/aromatic N) is 1. The minimum Gasteiger partial charge on any atom is -0.479 e. The lowest BCUT2D eigenvalue weighted by atomic mass is 10.2. The Morgan fingerprint density at radius 3 is 2.70 bits per heavy atom. The summed E-state index contributed by atoms with van der Waals surface area (Å²) in [4.78, 5) is 16.8. The molecule has 168 valence electrons. The predicted octanol–water partition coefficient (Wildman–Crippen LogP) is 6.22. The van der Waals surface area contributed by atoms with Crippen LogP contribution in [0.2, 0.25) is 10.0 Å². The number of nitrogens with one attached hydrogen (secondary N) is 2. The Bertz CT molecular complexity index is 1360. The highest BCUT2D eigenvalue weighted by Gasteiger charge is 2.18. The number of hydrogen-bond donors (Lipinski definition) is 2. The first-order chi connectivity index (χ1) is 15.8. The highest BCUT2D eigenvalue weighted by molar-refractivity contribution is 7.80. The molecule has 1 atom stereocenters. The molecular weight excluding hydrogens is 488 g/mol. The van der Waals surface area contributed by atoms with Crippen LogP contribution in [0.5, 0.6) is 5.75 Å². The van der Waals surface area contributed by atoms with Crippen molar-refractivity contribution in [1.82, 2.24) is 10.3 Å². The molecule has 1 amide bonds. The van der Waals surface area contributed by atoms with Crippen LogP contribution in [0.1, 0.15) is 6.92 Å². The molecule has 6 nitrogen and oxygen atoms in total. The second-order valence-electron chi connectivity index (χ2n) is 6.96. The van der Waals surface area contributed by atoms with E-state index in [1.54, 1.807) is 55.5 Å². The Labute approximate surface area is 203 Å². The van der Waals surface area contributed by atoms with Gasteiger partial charge < -0.3 is 14.5 Å². The number of carbonyl (C=O) groups is 1. The van der Waals surface area contributed by atoms with Crippen molar-refractivity contribution < 1.29 is 18.3 Å². The summed E-state index contributed by atoms with van der Waals surface area (Å²) in [5.41, 5.74) is 1.81. The monoisotopic (exact) mass is 503 g/mol. The van der Waals surface area contributed by atoms with E-state index in [0.29, 0.717) is 32.6 Å². The third-order valence-electron chi connectivity index (χ3n) is 4.55. The van der Waals surface area contributed by atoms with E-state index >= 15 is 0 Å². The van der Waals surface area contributed by atoms with Crippen LogP contribution in [-0.2, 0) is 4.79 Å². The smallest absolute Gasteiger partial charge is 0.266 e. The van der Waals surface area contributed by atoms with E-state index in [2.05, 4.69) is 15.6 Å². The molecule has 3 aromatic carbocycles. The average Bonchev–Trinajstić information content (AvgIpc) is 3.19. The van der Waals surface area contributed by atoms with Crippen LogP contribution in [-0.4, -0.2) is 22.1 Å². The van der Waals surface area contributed by atoms with Crippen molar-refractivity contribution in [1.29, 1.82) is 0 Å². The van der Waals surface area contributed by atoms with Gasteiger partial charge in [-0.1, -0.05) is 35.3 Å². The summed E-state index contributed by atoms with van der Waals surface area (Å²) in [6.45, 7) is 1.56. The van der Waals surface area contributed by atoms with Crippen LogP contribution < -0.4 is 15.4 Å². The topological polar surface area (TPSA) is 76.4 Å². The highest BCUT2D eigenvalue weighted by atomic mass is 35.5. The molecule has 1 aromatic heterocycles. The second kappa shape index (κ2) is 9.74. The number of hydrogen-bond acceptors (Lipinski definition) is 5. The summed E-state index contributed by atoms with van der Waals surface area (Å²) in [6.07, 6.45) is -0.871. The average molecular weight is 504 g/mol. The maximum Gasteiger partial charge on any atom is 0.266 e. The zero-order valence-corrected chi connectivity index (χ0v) is 19.4. The van der Waals surface area contributed by atoms with Gasteiger partial charge in [0.25, 0.3) is 5.91 Å². The van der Waals surface area contributed by atoms with Gasteiger partial charge in [-0.3, -0.25) is 10.1 Å². The molecular formula is C23H16Cl2FN3O3S. The van der Waals surface area contributed by atoms with Gasteiger partial charge in [0, 0.05) is 10.7 Å². The maximum atomic E-state index is 14.0. The molecule has 10 heteroatoms. The molecule has 0 aliphatic heterocycles. The number of amides is 1. The van der Waals surface area contributed by atoms with Crippen molar-refractivity contribution >= 4 is 63.2 Å². The fourth-order valence-corrected chi connectivity index (χ4v) is 3.62. The Kier molecular flexibility index (Phi) is 6.78. The number of aromatic nitrogens is 1. The molecule has 2 N–H and O–H groups in total. The maximum absolute atomic E-state index is 14.0. The van der Waals surface area contributed by atoms with Crippen molar-refractivity contribution in [2.75, 3.05) is 5.32 Å². The summed E-state index contributed by atoms with van der Waals surface area (Å²) in [5, 5.41) is 6.28. The lowest BCUT2D eigenvalue weighted by Gasteiger charge is -2.16. The van der Waals surface area contributed by atoms with E-state index in [9.17, 15) is 9.18 Å². The van der Waals surface area contributed by atoms with Crippen LogP contribution in [0.4, 0.5) is 10.1 Å². The van der Waals surface area contributed by atoms with Gasteiger partial charge in [0.05, 0.1) is 10.6 Å². The van der Waals surface area contributed by atoms with Crippen molar-refractivity contribution in [2.24, 2.45) is 0 Å². The quantitative estimate of drug-likeness (QED) is 0.314. The van der Waals surface area contributed by atoms with Crippen molar-refractivity contribution in [3.63, 3.8) is 0 Å². The fraction of sp³-hybridized carbons (Fsp3) is 0.0870. The number of rotatable bonds is 5. The number of anilines is 1. The van der Waals surface area contributed by atoms with E-state index in [4.69, 9.17) is 44.6 Å². The normalized spacial score (nSPS) is 11.8. The first-order valence-corrected chi connectivity index (χ1v) is 10.9. The van der Waals surface area contributed by atoms with Crippen molar-refractivity contribution in [3.8, 4) is 17.2 Å². The number of oxazole rings is 1. The molecule has 1 unspecified atom stereocenters. The van der Waals surface area contributed by atoms with Crippen molar-refractivity contribution in [3.05, 3.63) is 76.5 Å². The number of fused-ring (bicyclic) bond motifs is 1. The first-order valence-electron chi connectivity index (χ1n) is 9.69. The standard InChI is InChI=1S/C23H16Cl2FN3O3S/c1-12(31-19-8-6-13(24)10-16(19)25)21(30)29-23(33)27-14-7-9-20-18(11-14)28-22(32-20)15-4-2-3-5-17(15)26/h2-12H,1H3,(H2,27,29,30,33). The lowest BCUT2D eigenvalue weighted by Crippen LogP contribution is -2.42. The zero-order chi connectivity index (χ0) is 23.5. The summed E-state index contributed by atoms with van der Waals surface area (Å²) in [6, 6.07) is 16.0. The summed E-state index contributed by atoms with van der Waals surface area (Å²) >= 11 is 17.2. The van der Waals surface area contributed by atoms with Gasteiger partial charge in [-0.05, 0) is 67.7 Å². The fourth-order valence-electron chi connectivity index (χ4n) is 2.95. The zero-order valence-electron chi connectivity index (χ0n) is 17.1. The molecule has 0 aliphatic rings. The molecule has 0 aliphatic carbocycles. The van der Waals surface area contributed by atoms with E-state index < -0.39 is 17.8 Å². The van der Waals surface area contributed by atoms with E-state index in [1.807, 2.05) is 0 Å². The molecule has 0 fully saturated rings. The Morgan fingerprint density at radius 1 is 1.15 bits per heavy atom. The Hall–Kier alpha value is -3.20. The molecule has 0 saturated carbocycles. The van der Waals surface area contributed by atoms with Crippen LogP contribution in [0.3, 0.4) is 0 Å². The number of carbonyl (C=O) groups excluding carboxylic acids is 1.